The minimum Gasteiger partial charge on any atom is -0.378 e. The Hall–Kier alpha value is -1.18. The lowest BCUT2D eigenvalue weighted by molar-refractivity contribution is -0.170. The summed E-state index contributed by atoms with van der Waals surface area (Å²) in [6, 6.07) is 0. The van der Waals surface area contributed by atoms with Gasteiger partial charge >= 0.3 is 0 Å². The van der Waals surface area contributed by atoms with Gasteiger partial charge in [0.15, 0.2) is 0 Å². The summed E-state index contributed by atoms with van der Waals surface area (Å²) < 4.78 is 5.64. The fourth-order valence-electron chi connectivity index (χ4n) is 3.48. The average molecular weight is 340 g/mol. The van der Waals surface area contributed by atoms with E-state index < -0.39 is 11.0 Å². The van der Waals surface area contributed by atoms with Gasteiger partial charge in [-0.25, -0.2) is 0 Å². The third-order valence-corrected chi connectivity index (χ3v) is 5.72. The lowest BCUT2D eigenvalue weighted by atomic mass is 9.54. The number of amides is 2. The second kappa shape index (κ2) is 7.37. The number of likely N-dealkylation sites (N-methyl/N-ethyl adjacent to an activating group) is 1. The zero-order valence-corrected chi connectivity index (χ0v) is 15.4. The highest BCUT2D eigenvalue weighted by molar-refractivity contribution is 5.89. The highest BCUT2D eigenvalue weighted by Crippen LogP contribution is 2.49. The Morgan fingerprint density at radius 3 is 2.42 bits per heavy atom. The third-order valence-electron chi connectivity index (χ3n) is 5.72. The van der Waals surface area contributed by atoms with E-state index in [1.807, 2.05) is 25.7 Å². The molecule has 2 atom stereocenters. The predicted molar refractivity (Wildman–Crippen MR) is 92.4 cm³/mol. The van der Waals surface area contributed by atoms with E-state index in [1.54, 1.807) is 0 Å². The summed E-state index contributed by atoms with van der Waals surface area (Å²) in [7, 11) is 2.05. The Morgan fingerprint density at radius 1 is 1.25 bits per heavy atom. The van der Waals surface area contributed by atoms with Crippen LogP contribution in [0.4, 0.5) is 0 Å². The Labute approximate surface area is 144 Å². The van der Waals surface area contributed by atoms with Crippen molar-refractivity contribution in [3.8, 4) is 0 Å². The number of nitrogens with two attached hydrogens (primary N) is 1. The predicted octanol–water partition coefficient (Wildman–Crippen LogP) is -0.201. The van der Waals surface area contributed by atoms with Crippen LogP contribution < -0.4 is 11.1 Å². The molecule has 0 aromatic carbocycles. The lowest BCUT2D eigenvalue weighted by Crippen LogP contribution is -2.75. The fraction of sp³-hybridized carbons (Fsp3) is 0.882. The Morgan fingerprint density at radius 2 is 1.88 bits per heavy atom. The number of piperazine rings is 1. The first-order valence-corrected chi connectivity index (χ1v) is 8.87. The maximum absolute atomic E-state index is 12.5. The second-order valence-corrected chi connectivity index (χ2v) is 7.53. The number of ether oxygens (including phenoxy) is 1. The minimum absolute atomic E-state index is 0.00483. The number of rotatable bonds is 6. The Bertz CT molecular complexity index is 474. The number of hydrogen-bond donors (Lipinski definition) is 2. The van der Waals surface area contributed by atoms with Gasteiger partial charge in [0.1, 0.15) is 5.54 Å². The molecule has 2 amide bonds. The zero-order valence-electron chi connectivity index (χ0n) is 15.4. The van der Waals surface area contributed by atoms with Gasteiger partial charge in [0.05, 0.1) is 6.10 Å². The van der Waals surface area contributed by atoms with Crippen molar-refractivity contribution in [1.82, 2.24) is 15.1 Å². The molecule has 24 heavy (non-hydrogen) atoms. The standard InChI is InChI=1S/C17H32N4O3/c1-5-24-13-12-17(18,16(13,2)3)15(23)19-7-6-14(22)21-10-8-20(4)9-11-21/h13H,5-12,18H2,1-4H3,(H,19,23). The van der Waals surface area contributed by atoms with E-state index in [0.29, 0.717) is 26.0 Å². The van der Waals surface area contributed by atoms with Crippen LogP contribution in [0, 0.1) is 5.41 Å². The topological polar surface area (TPSA) is 87.9 Å². The largest absolute Gasteiger partial charge is 0.378 e. The molecule has 138 valence electrons. The van der Waals surface area contributed by atoms with E-state index in [2.05, 4.69) is 17.3 Å². The molecule has 3 N–H and O–H groups in total. The van der Waals surface area contributed by atoms with Crippen molar-refractivity contribution in [2.75, 3.05) is 46.4 Å². The van der Waals surface area contributed by atoms with Crippen molar-refractivity contribution >= 4 is 11.8 Å². The maximum Gasteiger partial charge on any atom is 0.240 e. The quantitative estimate of drug-likeness (QED) is 0.699. The van der Waals surface area contributed by atoms with Crippen LogP contribution in [0.5, 0.6) is 0 Å². The molecule has 0 radical (unpaired) electrons. The monoisotopic (exact) mass is 340 g/mol. The molecule has 2 aliphatic rings. The van der Waals surface area contributed by atoms with Gasteiger partial charge in [0.2, 0.25) is 11.8 Å². The highest BCUT2D eigenvalue weighted by atomic mass is 16.5. The van der Waals surface area contributed by atoms with E-state index in [4.69, 9.17) is 10.5 Å². The summed E-state index contributed by atoms with van der Waals surface area (Å²) in [5.41, 5.74) is 4.99. The van der Waals surface area contributed by atoms with Gasteiger partial charge in [-0.05, 0) is 14.0 Å². The van der Waals surface area contributed by atoms with Crippen LogP contribution in [-0.4, -0.2) is 79.6 Å². The maximum atomic E-state index is 12.5. The summed E-state index contributed by atoms with van der Waals surface area (Å²) in [5.74, 6) is -0.0934. The van der Waals surface area contributed by atoms with E-state index in [-0.39, 0.29) is 17.9 Å². The number of nitrogens with one attached hydrogen (secondary N) is 1. The van der Waals surface area contributed by atoms with Crippen molar-refractivity contribution in [2.45, 2.75) is 45.3 Å². The van der Waals surface area contributed by atoms with Crippen LogP contribution in [-0.2, 0) is 14.3 Å². The number of nitrogens with zero attached hydrogens (tertiary/aromatic N) is 2. The molecule has 0 aromatic rings. The van der Waals surface area contributed by atoms with Gasteiger partial charge in [-0.2, -0.15) is 0 Å². The van der Waals surface area contributed by atoms with Crippen molar-refractivity contribution in [3.63, 3.8) is 0 Å². The number of carbonyl (C=O) groups excluding carboxylic acids is 2. The fourth-order valence-corrected chi connectivity index (χ4v) is 3.48. The Kier molecular flexibility index (Phi) is 5.88. The van der Waals surface area contributed by atoms with Gasteiger partial charge in [-0.15, -0.1) is 0 Å². The molecule has 2 unspecified atom stereocenters. The first-order valence-electron chi connectivity index (χ1n) is 8.87. The lowest BCUT2D eigenvalue weighted by Gasteiger charge is -2.57. The molecule has 1 saturated carbocycles. The zero-order chi connectivity index (χ0) is 18.0. The normalized spacial score (nSPS) is 29.9. The molecule has 0 aromatic heterocycles. The van der Waals surface area contributed by atoms with Crippen LogP contribution in [0.25, 0.3) is 0 Å². The van der Waals surface area contributed by atoms with Crippen LogP contribution in [0.1, 0.15) is 33.6 Å². The number of hydrogen-bond acceptors (Lipinski definition) is 5. The summed E-state index contributed by atoms with van der Waals surface area (Å²) >= 11 is 0. The molecule has 1 aliphatic carbocycles. The second-order valence-electron chi connectivity index (χ2n) is 7.53. The highest BCUT2D eigenvalue weighted by Gasteiger charge is 2.62. The first-order chi connectivity index (χ1) is 11.2. The van der Waals surface area contributed by atoms with Crippen LogP contribution in [0.2, 0.25) is 0 Å². The molecule has 7 nitrogen and oxygen atoms in total. The SMILES string of the molecule is CCOC1CC(N)(C(=O)NCCC(=O)N2CCN(C)CC2)C1(C)C. The minimum atomic E-state index is -0.927. The molecule has 2 rings (SSSR count). The van der Waals surface area contributed by atoms with Crippen molar-refractivity contribution < 1.29 is 14.3 Å². The summed E-state index contributed by atoms with van der Waals surface area (Å²) in [6.07, 6.45) is 0.845. The van der Waals surface area contributed by atoms with Gasteiger partial charge in [0, 0.05) is 57.6 Å². The first kappa shape index (κ1) is 19.1. The van der Waals surface area contributed by atoms with Gasteiger partial charge < -0.3 is 25.6 Å². The molecule has 1 heterocycles. The Balaban J connectivity index is 1.76. The van der Waals surface area contributed by atoms with Gasteiger partial charge in [-0.3, -0.25) is 9.59 Å². The molecule has 0 bridgehead atoms. The van der Waals surface area contributed by atoms with Crippen molar-refractivity contribution in [3.05, 3.63) is 0 Å². The smallest absolute Gasteiger partial charge is 0.240 e. The van der Waals surface area contributed by atoms with Crippen LogP contribution >= 0.6 is 0 Å². The molecule has 7 heteroatoms. The molecule has 2 fully saturated rings. The van der Waals surface area contributed by atoms with Crippen LogP contribution in [0.15, 0.2) is 0 Å². The van der Waals surface area contributed by atoms with E-state index in [9.17, 15) is 9.59 Å². The third kappa shape index (κ3) is 3.58. The van der Waals surface area contributed by atoms with Gasteiger partial charge in [0.25, 0.3) is 0 Å². The van der Waals surface area contributed by atoms with E-state index in [1.165, 1.54) is 0 Å². The number of carbonyl (C=O) groups is 2. The summed E-state index contributed by atoms with van der Waals surface area (Å²) in [4.78, 5) is 28.7. The van der Waals surface area contributed by atoms with Crippen molar-refractivity contribution in [2.24, 2.45) is 11.1 Å². The molecular weight excluding hydrogens is 308 g/mol. The van der Waals surface area contributed by atoms with Gasteiger partial charge in [-0.1, -0.05) is 13.8 Å². The molecular formula is C17H32N4O3. The van der Waals surface area contributed by atoms with Crippen molar-refractivity contribution in [1.29, 1.82) is 0 Å². The summed E-state index contributed by atoms with van der Waals surface area (Å²) in [6.45, 7) is 10.1. The molecule has 0 spiro atoms. The molecule has 1 aliphatic heterocycles. The molecule has 1 saturated heterocycles. The van der Waals surface area contributed by atoms with E-state index in [0.717, 1.165) is 26.2 Å². The summed E-state index contributed by atoms with van der Waals surface area (Å²) in [5, 5.41) is 2.84. The van der Waals surface area contributed by atoms with Crippen LogP contribution in [0.3, 0.4) is 0 Å². The van der Waals surface area contributed by atoms with E-state index >= 15 is 0 Å². The average Bonchev–Trinajstić information content (AvgIpc) is 2.54.